The normalized spacial score (nSPS) is 14.2. The number of hydrogen-bond acceptors (Lipinski definition) is 4. The van der Waals surface area contributed by atoms with E-state index in [2.05, 4.69) is 22.3 Å². The van der Waals surface area contributed by atoms with Crippen molar-refractivity contribution in [2.75, 3.05) is 14.1 Å². The van der Waals surface area contributed by atoms with Crippen LogP contribution in [0.2, 0.25) is 0 Å². The summed E-state index contributed by atoms with van der Waals surface area (Å²) in [5, 5.41) is 3.56. The number of aryl methyl sites for hydroxylation is 1. The van der Waals surface area contributed by atoms with Gasteiger partial charge in [0.2, 0.25) is 0 Å². The lowest BCUT2D eigenvalue weighted by molar-refractivity contribution is 0.0951. The van der Waals surface area contributed by atoms with E-state index >= 15 is 0 Å². The van der Waals surface area contributed by atoms with Gasteiger partial charge >= 0.3 is 0 Å². The molecule has 0 saturated heterocycles. The van der Waals surface area contributed by atoms with Crippen LogP contribution in [0.3, 0.4) is 0 Å². The quantitative estimate of drug-likeness (QED) is 0.689. The van der Waals surface area contributed by atoms with Crippen molar-refractivity contribution in [3.8, 4) is 0 Å². The first-order valence-corrected chi connectivity index (χ1v) is 11.1. The Bertz CT molecular complexity index is 1130. The summed E-state index contributed by atoms with van der Waals surface area (Å²) in [4.78, 5) is 32.5. The number of benzene rings is 2. The van der Waals surface area contributed by atoms with Gasteiger partial charge in [0.25, 0.3) is 11.5 Å². The first-order chi connectivity index (χ1) is 15.0. The Morgan fingerprint density at radius 2 is 1.77 bits per heavy atom. The molecule has 162 valence electrons. The highest BCUT2D eigenvalue weighted by molar-refractivity contribution is 5.97. The SMILES string of the molecule is CN(C)Cc1ccc(CNC(=O)c2ccc3c(=O)n4c(nc3c2)CCCCCC4)cc1. The summed E-state index contributed by atoms with van der Waals surface area (Å²) in [6, 6.07) is 13.5. The number of carbonyl (C=O) groups is 1. The number of rotatable bonds is 5. The monoisotopic (exact) mass is 418 g/mol. The average molecular weight is 419 g/mol. The van der Waals surface area contributed by atoms with Gasteiger partial charge in [-0.15, -0.1) is 0 Å². The van der Waals surface area contributed by atoms with Crippen LogP contribution >= 0.6 is 0 Å². The van der Waals surface area contributed by atoms with Crippen LogP contribution in [-0.4, -0.2) is 34.5 Å². The molecule has 31 heavy (non-hydrogen) atoms. The Kier molecular flexibility index (Phi) is 6.47. The molecular weight excluding hydrogens is 388 g/mol. The minimum Gasteiger partial charge on any atom is -0.348 e. The van der Waals surface area contributed by atoms with Crippen molar-refractivity contribution in [2.45, 2.75) is 51.7 Å². The summed E-state index contributed by atoms with van der Waals surface area (Å²) in [5.74, 6) is 0.681. The number of fused-ring (bicyclic) bond motifs is 2. The Hall–Kier alpha value is -2.99. The third kappa shape index (κ3) is 5.02. The van der Waals surface area contributed by atoms with E-state index in [-0.39, 0.29) is 11.5 Å². The molecule has 1 aliphatic rings. The van der Waals surface area contributed by atoms with Crippen LogP contribution < -0.4 is 10.9 Å². The van der Waals surface area contributed by atoms with Gasteiger partial charge in [-0.3, -0.25) is 14.2 Å². The van der Waals surface area contributed by atoms with Crippen LogP contribution in [0.1, 0.15) is 53.0 Å². The molecule has 2 heterocycles. The van der Waals surface area contributed by atoms with Crippen LogP contribution in [0.25, 0.3) is 10.9 Å². The summed E-state index contributed by atoms with van der Waals surface area (Å²) in [6.07, 6.45) is 5.20. The number of carbonyl (C=O) groups excluding carboxylic acids is 1. The van der Waals surface area contributed by atoms with Crippen LogP contribution in [-0.2, 0) is 26.1 Å². The molecule has 6 heteroatoms. The summed E-state index contributed by atoms with van der Waals surface area (Å²) < 4.78 is 1.82. The molecule has 0 atom stereocenters. The summed E-state index contributed by atoms with van der Waals surface area (Å²) in [6.45, 7) is 2.08. The molecule has 3 aromatic rings. The number of nitrogens with zero attached hydrogens (tertiary/aromatic N) is 3. The van der Waals surface area contributed by atoms with Gasteiger partial charge in [-0.05, 0) is 56.3 Å². The van der Waals surface area contributed by atoms with Crippen molar-refractivity contribution < 1.29 is 4.79 Å². The minimum atomic E-state index is -0.159. The largest absolute Gasteiger partial charge is 0.348 e. The fourth-order valence-electron chi connectivity index (χ4n) is 4.15. The first kappa shape index (κ1) is 21.2. The molecule has 0 aliphatic carbocycles. The second kappa shape index (κ2) is 9.43. The Balaban J connectivity index is 1.50. The molecule has 0 bridgehead atoms. The summed E-state index contributed by atoms with van der Waals surface area (Å²) in [5.41, 5.74) is 3.43. The van der Waals surface area contributed by atoms with E-state index in [0.717, 1.165) is 50.2 Å². The van der Waals surface area contributed by atoms with Gasteiger partial charge < -0.3 is 10.2 Å². The fourth-order valence-corrected chi connectivity index (χ4v) is 4.15. The molecule has 1 aromatic heterocycles. The van der Waals surface area contributed by atoms with Crippen LogP contribution in [0.4, 0.5) is 0 Å². The van der Waals surface area contributed by atoms with E-state index in [1.54, 1.807) is 18.2 Å². The van der Waals surface area contributed by atoms with Gasteiger partial charge in [-0.2, -0.15) is 0 Å². The Morgan fingerprint density at radius 3 is 2.55 bits per heavy atom. The van der Waals surface area contributed by atoms with E-state index < -0.39 is 0 Å². The summed E-state index contributed by atoms with van der Waals surface area (Å²) >= 11 is 0. The molecule has 1 N–H and O–H groups in total. The van der Waals surface area contributed by atoms with Gasteiger partial charge in [0.1, 0.15) is 5.82 Å². The topological polar surface area (TPSA) is 67.2 Å². The van der Waals surface area contributed by atoms with Crippen molar-refractivity contribution in [1.29, 1.82) is 0 Å². The van der Waals surface area contributed by atoms with Crippen LogP contribution in [0.15, 0.2) is 47.3 Å². The molecule has 6 nitrogen and oxygen atoms in total. The third-order valence-corrected chi connectivity index (χ3v) is 5.80. The van der Waals surface area contributed by atoms with Gasteiger partial charge in [0.05, 0.1) is 10.9 Å². The molecule has 4 rings (SSSR count). The van der Waals surface area contributed by atoms with Crippen LogP contribution in [0, 0.1) is 0 Å². The van der Waals surface area contributed by atoms with E-state index in [9.17, 15) is 9.59 Å². The second-order valence-corrected chi connectivity index (χ2v) is 8.62. The average Bonchev–Trinajstić information content (AvgIpc) is 2.73. The van der Waals surface area contributed by atoms with E-state index in [4.69, 9.17) is 4.98 Å². The maximum atomic E-state index is 12.9. The van der Waals surface area contributed by atoms with E-state index in [0.29, 0.717) is 23.0 Å². The number of amides is 1. The molecule has 1 amide bonds. The van der Waals surface area contributed by atoms with Crippen molar-refractivity contribution in [2.24, 2.45) is 0 Å². The molecule has 0 saturated carbocycles. The smallest absolute Gasteiger partial charge is 0.261 e. The van der Waals surface area contributed by atoms with E-state index in [1.165, 1.54) is 12.0 Å². The van der Waals surface area contributed by atoms with Gasteiger partial charge in [0, 0.05) is 31.6 Å². The molecule has 0 fully saturated rings. The van der Waals surface area contributed by atoms with Crippen molar-refractivity contribution in [1.82, 2.24) is 19.8 Å². The molecule has 0 radical (unpaired) electrons. The van der Waals surface area contributed by atoms with Crippen molar-refractivity contribution in [3.63, 3.8) is 0 Å². The Labute approximate surface area is 182 Å². The highest BCUT2D eigenvalue weighted by atomic mass is 16.1. The minimum absolute atomic E-state index is 0.00618. The van der Waals surface area contributed by atoms with Gasteiger partial charge in [-0.25, -0.2) is 4.98 Å². The third-order valence-electron chi connectivity index (χ3n) is 5.80. The molecule has 0 unspecified atom stereocenters. The lowest BCUT2D eigenvalue weighted by Gasteiger charge is -2.16. The molecule has 2 aromatic carbocycles. The highest BCUT2D eigenvalue weighted by Crippen LogP contribution is 2.16. The number of hydrogen-bond donors (Lipinski definition) is 1. The first-order valence-electron chi connectivity index (χ1n) is 11.1. The lowest BCUT2D eigenvalue weighted by atomic mass is 10.1. The maximum Gasteiger partial charge on any atom is 0.261 e. The van der Waals surface area contributed by atoms with Crippen molar-refractivity contribution in [3.05, 3.63) is 75.3 Å². The number of nitrogens with one attached hydrogen (secondary N) is 1. The lowest BCUT2D eigenvalue weighted by Crippen LogP contribution is -2.27. The zero-order valence-electron chi connectivity index (χ0n) is 18.4. The second-order valence-electron chi connectivity index (χ2n) is 8.62. The van der Waals surface area contributed by atoms with Gasteiger partial charge in [0.15, 0.2) is 0 Å². The molecular formula is C25H30N4O2. The van der Waals surface area contributed by atoms with Crippen LogP contribution in [0.5, 0.6) is 0 Å². The highest BCUT2D eigenvalue weighted by Gasteiger charge is 2.15. The standard InChI is InChI=1S/C25H30N4O2/c1-28(2)17-19-10-8-18(9-11-19)16-26-24(30)20-12-13-21-22(15-20)27-23-7-5-3-4-6-14-29(23)25(21)31/h8-13,15H,3-7,14,16-17H2,1-2H3,(H,26,30). The maximum absolute atomic E-state index is 12.9. The predicted molar refractivity (Wildman–Crippen MR) is 123 cm³/mol. The van der Waals surface area contributed by atoms with E-state index in [1.807, 2.05) is 30.8 Å². The van der Waals surface area contributed by atoms with Crippen molar-refractivity contribution >= 4 is 16.8 Å². The van der Waals surface area contributed by atoms with Gasteiger partial charge in [-0.1, -0.05) is 37.1 Å². The zero-order valence-corrected chi connectivity index (χ0v) is 18.4. The summed E-state index contributed by atoms with van der Waals surface area (Å²) in [7, 11) is 4.08. The molecule has 0 spiro atoms. The predicted octanol–water partition coefficient (Wildman–Crippen LogP) is 3.50. The fraction of sp³-hybridized carbons (Fsp3) is 0.400. The zero-order chi connectivity index (χ0) is 21.8. The molecule has 1 aliphatic heterocycles. The number of aromatic nitrogens is 2. The Morgan fingerprint density at radius 1 is 1.03 bits per heavy atom.